The molecule has 126 valence electrons. The van der Waals surface area contributed by atoms with Crippen LogP contribution >= 0.6 is 0 Å². The normalized spacial score (nSPS) is 41.7. The molecule has 0 aromatic carbocycles. The summed E-state index contributed by atoms with van der Waals surface area (Å²) in [4.78, 5) is 12.2. The molecule has 1 saturated heterocycles. The Hall–Kier alpha value is -0.810. The average Bonchev–Trinajstić information content (AvgIpc) is 2.98. The van der Waals surface area contributed by atoms with Gasteiger partial charge in [0.25, 0.3) is 0 Å². The van der Waals surface area contributed by atoms with Crippen molar-refractivity contribution < 1.29 is 14.6 Å². The number of hydrogen-bond donors (Lipinski definition) is 3. The molecule has 22 heavy (non-hydrogen) atoms. The van der Waals surface area contributed by atoms with Gasteiger partial charge in [-0.25, -0.2) is 4.79 Å². The summed E-state index contributed by atoms with van der Waals surface area (Å²) >= 11 is 0. The molecule has 5 atom stereocenters. The van der Waals surface area contributed by atoms with Crippen molar-refractivity contribution in [2.24, 2.45) is 11.3 Å². The van der Waals surface area contributed by atoms with Crippen LogP contribution in [0.2, 0.25) is 0 Å². The van der Waals surface area contributed by atoms with E-state index in [2.05, 4.69) is 17.6 Å². The van der Waals surface area contributed by atoms with Crippen LogP contribution in [0, 0.1) is 11.3 Å². The minimum absolute atomic E-state index is 0.0865. The maximum Gasteiger partial charge on any atom is 0.315 e. The van der Waals surface area contributed by atoms with Crippen molar-refractivity contribution >= 4 is 6.03 Å². The third-order valence-corrected chi connectivity index (χ3v) is 6.03. The van der Waals surface area contributed by atoms with Crippen molar-refractivity contribution in [3.8, 4) is 0 Å². The molecule has 2 saturated carbocycles. The van der Waals surface area contributed by atoms with Crippen LogP contribution in [0.5, 0.6) is 0 Å². The fourth-order valence-electron chi connectivity index (χ4n) is 4.44. The monoisotopic (exact) mass is 310 g/mol. The van der Waals surface area contributed by atoms with Gasteiger partial charge in [-0.2, -0.15) is 0 Å². The van der Waals surface area contributed by atoms with Gasteiger partial charge in [0.1, 0.15) is 0 Å². The Morgan fingerprint density at radius 3 is 2.91 bits per heavy atom. The first-order valence-corrected chi connectivity index (χ1v) is 8.92. The number of ether oxygens (including phenoxy) is 1. The number of amides is 2. The fraction of sp³-hybridized carbons (Fsp3) is 0.941. The lowest BCUT2D eigenvalue weighted by Gasteiger charge is -2.39. The van der Waals surface area contributed by atoms with Gasteiger partial charge in [-0.05, 0) is 38.5 Å². The summed E-state index contributed by atoms with van der Waals surface area (Å²) in [7, 11) is 0. The Bertz CT molecular complexity index is 403. The van der Waals surface area contributed by atoms with Crippen molar-refractivity contribution in [1.29, 1.82) is 0 Å². The number of hydrogen-bond acceptors (Lipinski definition) is 3. The highest BCUT2D eigenvalue weighted by Crippen LogP contribution is 2.36. The van der Waals surface area contributed by atoms with Crippen LogP contribution in [0.4, 0.5) is 4.79 Å². The van der Waals surface area contributed by atoms with Gasteiger partial charge in [-0.15, -0.1) is 0 Å². The second kappa shape index (κ2) is 6.75. The van der Waals surface area contributed by atoms with E-state index in [-0.39, 0.29) is 23.6 Å². The molecule has 3 fully saturated rings. The van der Waals surface area contributed by atoms with Crippen LogP contribution in [0.25, 0.3) is 0 Å². The van der Waals surface area contributed by atoms with Crippen LogP contribution in [-0.2, 0) is 4.74 Å². The van der Waals surface area contributed by atoms with E-state index in [1.54, 1.807) is 0 Å². The van der Waals surface area contributed by atoms with E-state index in [0.29, 0.717) is 18.6 Å². The van der Waals surface area contributed by atoms with Crippen molar-refractivity contribution in [3.63, 3.8) is 0 Å². The fourth-order valence-corrected chi connectivity index (χ4v) is 4.44. The number of urea groups is 1. The van der Waals surface area contributed by atoms with E-state index in [9.17, 15) is 9.90 Å². The van der Waals surface area contributed by atoms with E-state index in [4.69, 9.17) is 4.74 Å². The van der Waals surface area contributed by atoms with Crippen molar-refractivity contribution in [3.05, 3.63) is 0 Å². The molecule has 0 aromatic rings. The number of nitrogens with one attached hydrogen (secondary N) is 2. The Kier molecular flexibility index (Phi) is 4.93. The Morgan fingerprint density at radius 1 is 1.23 bits per heavy atom. The number of rotatable bonds is 3. The summed E-state index contributed by atoms with van der Waals surface area (Å²) in [5, 5.41) is 16.3. The highest BCUT2D eigenvalue weighted by Gasteiger charge is 2.39. The van der Waals surface area contributed by atoms with Gasteiger partial charge in [-0.3, -0.25) is 0 Å². The smallest absolute Gasteiger partial charge is 0.315 e. The van der Waals surface area contributed by atoms with E-state index >= 15 is 0 Å². The summed E-state index contributed by atoms with van der Waals surface area (Å²) < 4.78 is 5.75. The zero-order valence-corrected chi connectivity index (χ0v) is 13.6. The molecule has 0 aromatic heterocycles. The van der Waals surface area contributed by atoms with Gasteiger partial charge in [0.2, 0.25) is 0 Å². The first-order valence-electron chi connectivity index (χ1n) is 8.92. The third kappa shape index (κ3) is 3.40. The second-order valence-corrected chi connectivity index (χ2v) is 7.64. The Balaban J connectivity index is 1.48. The second-order valence-electron chi connectivity index (χ2n) is 7.64. The van der Waals surface area contributed by atoms with Gasteiger partial charge >= 0.3 is 6.03 Å². The first kappa shape index (κ1) is 16.1. The third-order valence-electron chi connectivity index (χ3n) is 6.03. The topological polar surface area (TPSA) is 70.6 Å². The van der Waals surface area contributed by atoms with E-state index in [1.807, 2.05) is 0 Å². The lowest BCUT2D eigenvalue weighted by molar-refractivity contribution is 0.00288. The zero-order chi connectivity index (χ0) is 15.6. The van der Waals surface area contributed by atoms with Crippen molar-refractivity contribution in [2.45, 2.75) is 76.5 Å². The molecule has 5 heteroatoms. The van der Waals surface area contributed by atoms with Crippen molar-refractivity contribution in [2.75, 3.05) is 13.2 Å². The molecule has 5 nitrogen and oxygen atoms in total. The molecular formula is C17H30N2O3. The summed E-state index contributed by atoms with van der Waals surface area (Å²) in [6.07, 6.45) is 8.48. The highest BCUT2D eigenvalue weighted by molar-refractivity contribution is 5.74. The summed E-state index contributed by atoms with van der Waals surface area (Å²) in [5.74, 6) is 0.482. The lowest BCUT2D eigenvalue weighted by Crippen LogP contribution is -2.52. The summed E-state index contributed by atoms with van der Waals surface area (Å²) in [5.41, 5.74) is -0.179. The zero-order valence-electron chi connectivity index (χ0n) is 13.6. The maximum atomic E-state index is 12.2. The van der Waals surface area contributed by atoms with Gasteiger partial charge < -0.3 is 20.5 Å². The number of fused-ring (bicyclic) bond motifs is 1. The molecule has 0 spiro atoms. The molecule has 2 amide bonds. The number of aliphatic hydroxyl groups is 1. The van der Waals surface area contributed by atoms with Gasteiger partial charge in [-0.1, -0.05) is 19.8 Å². The molecule has 2 aliphatic carbocycles. The Morgan fingerprint density at radius 2 is 2.09 bits per heavy atom. The molecule has 3 rings (SSSR count). The van der Waals surface area contributed by atoms with Gasteiger partial charge in [0.05, 0.1) is 12.2 Å². The summed E-state index contributed by atoms with van der Waals surface area (Å²) in [6, 6.07) is 0.155. The SMILES string of the molecule is CC1(CNC(=O)NC2CCCC3OCCC23)CCCCC1O. The number of carbonyl (C=O) groups is 1. The highest BCUT2D eigenvalue weighted by atomic mass is 16.5. The molecule has 0 bridgehead atoms. The minimum Gasteiger partial charge on any atom is -0.392 e. The van der Waals surface area contributed by atoms with Gasteiger partial charge in [0, 0.05) is 30.5 Å². The molecule has 1 heterocycles. The Labute approximate surface area is 133 Å². The largest absolute Gasteiger partial charge is 0.392 e. The maximum absolute atomic E-state index is 12.2. The van der Waals surface area contributed by atoms with E-state index < -0.39 is 0 Å². The standard InChI is InChI=1S/C17H30N2O3/c1-17(9-3-2-7-15(17)20)11-18-16(21)19-13-5-4-6-14-12(13)8-10-22-14/h12-15,20H,2-11H2,1H3,(H2,18,19,21). The molecule has 3 aliphatic rings. The number of carbonyl (C=O) groups excluding carboxylic acids is 1. The summed E-state index contributed by atoms with van der Waals surface area (Å²) in [6.45, 7) is 3.47. The lowest BCUT2D eigenvalue weighted by atomic mass is 9.73. The molecule has 1 aliphatic heterocycles. The quantitative estimate of drug-likeness (QED) is 0.748. The van der Waals surface area contributed by atoms with Crippen LogP contribution in [0.3, 0.4) is 0 Å². The first-order chi connectivity index (χ1) is 10.6. The molecule has 0 radical (unpaired) electrons. The van der Waals surface area contributed by atoms with Crippen LogP contribution < -0.4 is 10.6 Å². The van der Waals surface area contributed by atoms with E-state index in [0.717, 1.165) is 58.0 Å². The average molecular weight is 310 g/mol. The van der Waals surface area contributed by atoms with Crippen LogP contribution in [0.1, 0.15) is 58.3 Å². The van der Waals surface area contributed by atoms with Crippen molar-refractivity contribution in [1.82, 2.24) is 10.6 Å². The molecular weight excluding hydrogens is 280 g/mol. The molecule has 5 unspecified atom stereocenters. The van der Waals surface area contributed by atoms with Gasteiger partial charge in [0.15, 0.2) is 0 Å². The predicted octanol–water partition coefficient (Wildman–Crippen LogP) is 2.18. The number of aliphatic hydroxyl groups excluding tert-OH is 1. The minimum atomic E-state index is -0.302. The van der Waals surface area contributed by atoms with Crippen LogP contribution in [0.15, 0.2) is 0 Å². The van der Waals surface area contributed by atoms with Crippen LogP contribution in [-0.4, -0.2) is 42.5 Å². The molecule has 3 N–H and O–H groups in total. The predicted molar refractivity (Wildman–Crippen MR) is 84.6 cm³/mol. The van der Waals surface area contributed by atoms with E-state index in [1.165, 1.54) is 0 Å².